The Morgan fingerprint density at radius 3 is 1.58 bits per heavy atom. The molecule has 0 spiro atoms. The van der Waals surface area contributed by atoms with E-state index in [4.69, 9.17) is 37.9 Å². The topological polar surface area (TPSA) is 320 Å². The van der Waals surface area contributed by atoms with E-state index >= 15 is 0 Å². The molecule has 3 fully saturated rings. The Hall–Kier alpha value is -3.81. The molecule has 5 amide bonds. The van der Waals surface area contributed by atoms with Gasteiger partial charge in [-0.25, -0.2) is 19.2 Å². The first-order valence-corrected chi connectivity index (χ1v) is 22.5. The quantitative estimate of drug-likeness (QED) is 0.110. The molecule has 0 radical (unpaired) electrons. The summed E-state index contributed by atoms with van der Waals surface area (Å²) in [5.74, 6) is -0.997. The lowest BCUT2D eigenvalue weighted by atomic mass is 9.83. The lowest BCUT2D eigenvalue weighted by Gasteiger charge is -2.49. The second-order valence-corrected chi connectivity index (χ2v) is 20.8. The molecule has 3 aliphatic rings. The Morgan fingerprint density at radius 1 is 0.606 bits per heavy atom. The number of aliphatic hydroxyl groups excluding tert-OH is 5. The van der Waals surface area contributed by atoms with Crippen molar-refractivity contribution >= 4 is 30.3 Å². The van der Waals surface area contributed by atoms with Crippen molar-refractivity contribution < 1.29 is 87.4 Å². The molecule has 2 aliphatic heterocycles. The molecule has 1 saturated carbocycles. The van der Waals surface area contributed by atoms with E-state index in [2.05, 4.69) is 26.6 Å². The summed E-state index contributed by atoms with van der Waals surface area (Å²) in [5, 5.41) is 69.3. The monoisotopic (exact) mass is 952 g/mol. The zero-order valence-corrected chi connectivity index (χ0v) is 40.6. The SMILES string of the molecule is CCC1CCC(NC(=O)OC(C)(C)C)[C@@H](OC2C(O)[C@@H](O[C@H]3OC(CO)[C@@H](O)[C@H](NC(=O)OC(C)(C)C)C3O)[C@H](NC(=O)[C@@H](O)CCNC(=O)OC(C)(C)C)C[C@@H]2NC(=O)OC(C)(C)C)O1. The van der Waals surface area contributed by atoms with Gasteiger partial charge in [-0.1, -0.05) is 6.92 Å². The Labute approximate surface area is 386 Å². The van der Waals surface area contributed by atoms with Crippen molar-refractivity contribution in [2.45, 2.75) is 230 Å². The van der Waals surface area contributed by atoms with Gasteiger partial charge in [0.05, 0.1) is 36.9 Å². The molecule has 3 rings (SSSR count). The van der Waals surface area contributed by atoms with Crippen LogP contribution in [0.1, 0.15) is 122 Å². The number of hydrogen-bond donors (Lipinski definition) is 10. The van der Waals surface area contributed by atoms with Crippen LogP contribution in [-0.2, 0) is 42.7 Å². The van der Waals surface area contributed by atoms with E-state index in [1.165, 1.54) is 0 Å². The summed E-state index contributed by atoms with van der Waals surface area (Å²) in [4.78, 5) is 65.3. The van der Waals surface area contributed by atoms with Gasteiger partial charge in [0.2, 0.25) is 5.91 Å². The van der Waals surface area contributed by atoms with Crippen molar-refractivity contribution in [3.05, 3.63) is 0 Å². The van der Waals surface area contributed by atoms with Crippen LogP contribution in [0.15, 0.2) is 0 Å². The highest BCUT2D eigenvalue weighted by Crippen LogP contribution is 2.34. The van der Waals surface area contributed by atoms with Crippen molar-refractivity contribution in [3.8, 4) is 0 Å². The van der Waals surface area contributed by atoms with Crippen molar-refractivity contribution in [3.63, 3.8) is 0 Å². The van der Waals surface area contributed by atoms with Crippen molar-refractivity contribution in [2.24, 2.45) is 0 Å². The number of hydrogen-bond acceptors (Lipinski definition) is 18. The molecule has 0 aromatic heterocycles. The van der Waals surface area contributed by atoms with Gasteiger partial charge in [-0.05, 0) is 115 Å². The molecule has 66 heavy (non-hydrogen) atoms. The Kier molecular flexibility index (Phi) is 20.1. The summed E-state index contributed by atoms with van der Waals surface area (Å²) < 4.78 is 46.5. The first-order valence-electron chi connectivity index (χ1n) is 22.5. The van der Waals surface area contributed by atoms with Gasteiger partial charge in [0.1, 0.15) is 65.1 Å². The maximum atomic E-state index is 13.7. The van der Waals surface area contributed by atoms with Gasteiger partial charge in [0.25, 0.3) is 0 Å². The third-order valence-electron chi connectivity index (χ3n) is 10.2. The fraction of sp³-hybridized carbons (Fsp3) is 0.884. The summed E-state index contributed by atoms with van der Waals surface area (Å²) in [5.41, 5.74) is -3.63. The van der Waals surface area contributed by atoms with Crippen LogP contribution in [0, 0.1) is 0 Å². The number of ether oxygens (including phenoxy) is 8. The Balaban J connectivity index is 2.07. The fourth-order valence-corrected chi connectivity index (χ4v) is 7.34. The average Bonchev–Trinajstić information content (AvgIpc) is 3.14. The van der Waals surface area contributed by atoms with Gasteiger partial charge in [-0.3, -0.25) is 4.79 Å². The summed E-state index contributed by atoms with van der Waals surface area (Å²) >= 11 is 0. The standard InChI is InChI=1S/C43H77N5O18/c1-14-21-15-16-22(46-37(56)64-41(5,6)7)34(59-21)61-32-24(47-38(57)65-42(8,9)10)19-23(45-33(54)25(50)17-18-44-36(55)63-40(2,3)4)31(30(32)53)62-35-29(52)27(28(51)26(20-49)60-35)48-39(58)66-43(11,12)13/h21-32,34-35,49-53H,14-20H2,1-13H3,(H,44,55)(H,45,54)(H,46,56)(H,47,57)(H,48,58)/t21?,22?,23-,24+,25+,26?,27+,28-,29?,30?,31+,32?,34-,35-/m1/s1. The van der Waals surface area contributed by atoms with Gasteiger partial charge >= 0.3 is 24.4 Å². The highest BCUT2D eigenvalue weighted by atomic mass is 16.7. The van der Waals surface area contributed by atoms with Crippen LogP contribution in [0.25, 0.3) is 0 Å². The van der Waals surface area contributed by atoms with Crippen LogP contribution >= 0.6 is 0 Å². The minimum absolute atomic E-state index is 0.187. The smallest absolute Gasteiger partial charge is 0.408 e. The summed E-state index contributed by atoms with van der Waals surface area (Å²) in [7, 11) is 0. The molecule has 0 bridgehead atoms. The molecule has 14 atom stereocenters. The molecule has 23 nitrogen and oxygen atoms in total. The number of alkyl carbamates (subject to hydrolysis) is 4. The number of carbonyl (C=O) groups is 5. The molecule has 2 saturated heterocycles. The van der Waals surface area contributed by atoms with Gasteiger partial charge in [0, 0.05) is 6.54 Å². The van der Waals surface area contributed by atoms with Crippen molar-refractivity contribution in [1.82, 2.24) is 26.6 Å². The zero-order valence-electron chi connectivity index (χ0n) is 40.6. The third-order valence-corrected chi connectivity index (χ3v) is 10.2. The van der Waals surface area contributed by atoms with E-state index in [0.29, 0.717) is 19.3 Å². The summed E-state index contributed by atoms with van der Waals surface area (Å²) in [6.07, 6.45) is -18.1. The van der Waals surface area contributed by atoms with Gasteiger partial charge in [-0.2, -0.15) is 0 Å². The van der Waals surface area contributed by atoms with Crippen LogP contribution in [0.3, 0.4) is 0 Å². The fourth-order valence-electron chi connectivity index (χ4n) is 7.34. The molecule has 23 heteroatoms. The first-order chi connectivity index (χ1) is 30.3. The van der Waals surface area contributed by atoms with Gasteiger partial charge in [0.15, 0.2) is 12.6 Å². The lowest BCUT2D eigenvalue weighted by molar-refractivity contribution is -0.316. The normalized spacial score (nSPS) is 31.3. The molecule has 382 valence electrons. The van der Waals surface area contributed by atoms with E-state index < -0.39 is 139 Å². The van der Waals surface area contributed by atoms with Crippen LogP contribution in [0.5, 0.6) is 0 Å². The highest BCUT2D eigenvalue weighted by Gasteiger charge is 2.53. The van der Waals surface area contributed by atoms with Crippen LogP contribution < -0.4 is 26.6 Å². The first kappa shape index (κ1) is 56.5. The van der Waals surface area contributed by atoms with Gasteiger partial charge < -0.3 is 90.0 Å². The maximum absolute atomic E-state index is 13.7. The van der Waals surface area contributed by atoms with E-state index in [9.17, 15) is 49.5 Å². The van der Waals surface area contributed by atoms with Crippen LogP contribution in [0.4, 0.5) is 19.2 Å². The molecular weight excluding hydrogens is 874 g/mol. The van der Waals surface area contributed by atoms with Crippen LogP contribution in [0.2, 0.25) is 0 Å². The number of carbonyl (C=O) groups excluding carboxylic acids is 5. The minimum atomic E-state index is -1.91. The number of rotatable bonds is 14. The van der Waals surface area contributed by atoms with E-state index in [-0.39, 0.29) is 25.5 Å². The Morgan fingerprint density at radius 2 is 1.08 bits per heavy atom. The molecule has 2 heterocycles. The molecule has 0 aromatic carbocycles. The van der Waals surface area contributed by atoms with Crippen molar-refractivity contribution in [1.29, 1.82) is 0 Å². The predicted molar refractivity (Wildman–Crippen MR) is 233 cm³/mol. The van der Waals surface area contributed by atoms with E-state index in [1.54, 1.807) is 83.1 Å². The zero-order chi connectivity index (χ0) is 50.1. The second kappa shape index (κ2) is 23.5. The summed E-state index contributed by atoms with van der Waals surface area (Å²) in [6, 6.07) is -5.00. The van der Waals surface area contributed by atoms with E-state index in [1.807, 2.05) is 6.92 Å². The lowest BCUT2D eigenvalue weighted by Crippen LogP contribution is -2.70. The molecule has 0 aromatic rings. The molecule has 6 unspecified atom stereocenters. The molecular formula is C43H77N5O18. The largest absolute Gasteiger partial charge is 0.444 e. The Bertz CT molecular complexity index is 1610. The minimum Gasteiger partial charge on any atom is -0.444 e. The number of nitrogens with one attached hydrogen (secondary N) is 5. The predicted octanol–water partition coefficient (Wildman–Crippen LogP) is 1.32. The number of amides is 5. The van der Waals surface area contributed by atoms with Crippen LogP contribution in [-0.4, -0.2) is 177 Å². The maximum Gasteiger partial charge on any atom is 0.408 e. The average molecular weight is 952 g/mol. The highest BCUT2D eigenvalue weighted by molar-refractivity contribution is 5.81. The second-order valence-electron chi connectivity index (χ2n) is 20.8. The molecule has 10 N–H and O–H groups in total. The summed E-state index contributed by atoms with van der Waals surface area (Å²) in [6.45, 7) is 20.6. The third kappa shape index (κ3) is 18.4. The van der Waals surface area contributed by atoms with Crippen molar-refractivity contribution in [2.75, 3.05) is 13.2 Å². The van der Waals surface area contributed by atoms with E-state index in [0.717, 1.165) is 0 Å². The number of aliphatic hydroxyl groups is 5. The molecule has 1 aliphatic carbocycles. The van der Waals surface area contributed by atoms with Gasteiger partial charge in [-0.15, -0.1) is 0 Å².